The molecule has 0 heterocycles. The smallest absolute Gasteiger partial charge is 0.308 e. The van der Waals surface area contributed by atoms with Crippen LogP contribution in [0, 0.1) is 10.1 Å². The van der Waals surface area contributed by atoms with Crippen molar-refractivity contribution in [3.8, 4) is 5.75 Å². The van der Waals surface area contributed by atoms with Crippen molar-refractivity contribution < 1.29 is 19.9 Å². The first-order chi connectivity index (χ1) is 8.99. The van der Waals surface area contributed by atoms with E-state index in [1.54, 1.807) is 0 Å². The fraction of sp³-hybridized carbons (Fsp3) is 0.462. The molecule has 2 rings (SSSR count). The van der Waals surface area contributed by atoms with Gasteiger partial charge in [0.1, 0.15) is 5.75 Å². The average molecular weight is 265 g/mol. The van der Waals surface area contributed by atoms with E-state index in [9.17, 15) is 20.0 Å². The van der Waals surface area contributed by atoms with Crippen molar-refractivity contribution in [2.75, 3.05) is 0 Å². The third-order valence-electron chi connectivity index (χ3n) is 3.56. The highest BCUT2D eigenvalue weighted by molar-refractivity contribution is 5.72. The second kappa shape index (κ2) is 5.26. The lowest BCUT2D eigenvalue weighted by atomic mass is 9.93. The maximum atomic E-state index is 10.9. The molecule has 1 fully saturated rings. The van der Waals surface area contributed by atoms with Crippen LogP contribution in [0.25, 0.3) is 0 Å². The summed E-state index contributed by atoms with van der Waals surface area (Å²) in [7, 11) is 0. The molecular weight excluding hydrogens is 250 g/mol. The second-order valence-corrected chi connectivity index (χ2v) is 4.85. The number of phenolic OH excluding ortho intramolecular Hbond substituents is 1. The predicted octanol–water partition coefficient (Wildman–Crippen LogP) is 2.59. The number of rotatable bonds is 4. The van der Waals surface area contributed by atoms with Crippen molar-refractivity contribution in [2.24, 2.45) is 0 Å². The minimum Gasteiger partial charge on any atom is -0.507 e. The number of carboxylic acid groups (broad SMARTS) is 1. The number of carbonyl (C=O) groups is 1. The van der Waals surface area contributed by atoms with E-state index in [1.165, 1.54) is 6.07 Å². The molecule has 0 radical (unpaired) electrons. The van der Waals surface area contributed by atoms with E-state index in [4.69, 9.17) is 5.11 Å². The highest BCUT2D eigenvalue weighted by Crippen LogP contribution is 2.41. The molecule has 0 spiro atoms. The molecule has 0 bridgehead atoms. The first-order valence-corrected chi connectivity index (χ1v) is 6.21. The molecule has 1 saturated carbocycles. The molecule has 0 aliphatic heterocycles. The number of aromatic hydroxyl groups is 1. The summed E-state index contributed by atoms with van der Waals surface area (Å²) in [4.78, 5) is 21.0. The highest BCUT2D eigenvalue weighted by Gasteiger charge is 2.25. The molecule has 1 aromatic rings. The molecule has 1 aliphatic rings. The third kappa shape index (κ3) is 2.83. The van der Waals surface area contributed by atoms with E-state index in [2.05, 4.69) is 0 Å². The molecule has 0 amide bonds. The second-order valence-electron chi connectivity index (χ2n) is 4.85. The van der Waals surface area contributed by atoms with Crippen LogP contribution in [0.1, 0.15) is 42.7 Å². The summed E-state index contributed by atoms with van der Waals surface area (Å²) >= 11 is 0. The van der Waals surface area contributed by atoms with Gasteiger partial charge in [-0.15, -0.1) is 0 Å². The SMILES string of the molecule is O=C(O)Cc1cc(C2CCCC2)c(O)cc1[N+](=O)[O-]. The van der Waals surface area contributed by atoms with E-state index in [0.29, 0.717) is 5.56 Å². The van der Waals surface area contributed by atoms with Gasteiger partial charge >= 0.3 is 5.97 Å². The molecule has 1 aromatic carbocycles. The van der Waals surface area contributed by atoms with Gasteiger partial charge in [0.05, 0.1) is 17.4 Å². The number of phenols is 1. The van der Waals surface area contributed by atoms with Crippen LogP contribution in [0.5, 0.6) is 5.75 Å². The van der Waals surface area contributed by atoms with Gasteiger partial charge in [-0.3, -0.25) is 14.9 Å². The summed E-state index contributed by atoms with van der Waals surface area (Å²) in [5, 5.41) is 29.6. The minimum atomic E-state index is -1.12. The molecule has 0 unspecified atom stereocenters. The molecule has 19 heavy (non-hydrogen) atoms. The zero-order chi connectivity index (χ0) is 14.0. The molecule has 102 valence electrons. The Kier molecular flexibility index (Phi) is 3.69. The van der Waals surface area contributed by atoms with Crippen molar-refractivity contribution in [1.29, 1.82) is 0 Å². The van der Waals surface area contributed by atoms with Gasteiger partial charge in [0.25, 0.3) is 5.69 Å². The summed E-state index contributed by atoms with van der Waals surface area (Å²) in [6, 6.07) is 2.56. The van der Waals surface area contributed by atoms with Gasteiger partial charge in [-0.25, -0.2) is 0 Å². The van der Waals surface area contributed by atoms with E-state index < -0.39 is 17.3 Å². The molecule has 0 saturated heterocycles. The van der Waals surface area contributed by atoms with Crippen molar-refractivity contribution >= 4 is 11.7 Å². The molecule has 0 aromatic heterocycles. The topological polar surface area (TPSA) is 101 Å². The van der Waals surface area contributed by atoms with Crippen LogP contribution in [-0.2, 0) is 11.2 Å². The number of nitro groups is 1. The van der Waals surface area contributed by atoms with Crippen molar-refractivity contribution in [2.45, 2.75) is 38.0 Å². The largest absolute Gasteiger partial charge is 0.507 e. The van der Waals surface area contributed by atoms with Crippen molar-refractivity contribution in [1.82, 2.24) is 0 Å². The van der Waals surface area contributed by atoms with Gasteiger partial charge in [0.15, 0.2) is 0 Å². The Bertz CT molecular complexity index is 520. The molecule has 6 nitrogen and oxygen atoms in total. The number of hydrogen-bond acceptors (Lipinski definition) is 4. The van der Waals surface area contributed by atoms with Gasteiger partial charge in [-0.1, -0.05) is 12.8 Å². The summed E-state index contributed by atoms with van der Waals surface area (Å²) in [5.74, 6) is -1.05. The van der Waals surface area contributed by atoms with Gasteiger partial charge in [-0.2, -0.15) is 0 Å². The zero-order valence-electron chi connectivity index (χ0n) is 10.3. The maximum Gasteiger partial charge on any atom is 0.308 e. The van der Waals surface area contributed by atoms with Crippen LogP contribution in [-0.4, -0.2) is 21.1 Å². The molecule has 6 heteroatoms. The van der Waals surface area contributed by atoms with Crippen LogP contribution < -0.4 is 0 Å². The molecule has 1 aliphatic carbocycles. The summed E-state index contributed by atoms with van der Waals surface area (Å²) in [5.41, 5.74) is 0.457. The number of carboxylic acids is 1. The standard InChI is InChI=1S/C13H15NO5/c15-12-7-11(14(18)19)9(6-13(16)17)5-10(12)8-3-1-2-4-8/h5,7-8,15H,1-4,6H2,(H,16,17). The number of aliphatic carboxylic acids is 1. The monoisotopic (exact) mass is 265 g/mol. The maximum absolute atomic E-state index is 10.9. The fourth-order valence-electron chi connectivity index (χ4n) is 2.68. The Morgan fingerprint density at radius 3 is 2.53 bits per heavy atom. The zero-order valence-corrected chi connectivity index (χ0v) is 10.3. The lowest BCUT2D eigenvalue weighted by Crippen LogP contribution is -2.06. The summed E-state index contributed by atoms with van der Waals surface area (Å²) in [6.07, 6.45) is 3.58. The Balaban J connectivity index is 2.45. The van der Waals surface area contributed by atoms with E-state index in [-0.39, 0.29) is 22.9 Å². The first-order valence-electron chi connectivity index (χ1n) is 6.21. The predicted molar refractivity (Wildman–Crippen MR) is 67.3 cm³/mol. The van der Waals surface area contributed by atoms with Crippen LogP contribution in [0.3, 0.4) is 0 Å². The Morgan fingerprint density at radius 1 is 1.37 bits per heavy atom. The van der Waals surface area contributed by atoms with Crippen molar-refractivity contribution in [3.05, 3.63) is 33.4 Å². The summed E-state index contributed by atoms with van der Waals surface area (Å²) in [6.45, 7) is 0. The lowest BCUT2D eigenvalue weighted by molar-refractivity contribution is -0.385. The number of nitrogens with zero attached hydrogens (tertiary/aromatic N) is 1. The third-order valence-corrected chi connectivity index (χ3v) is 3.56. The van der Waals surface area contributed by atoms with E-state index in [1.807, 2.05) is 0 Å². The number of benzene rings is 1. The van der Waals surface area contributed by atoms with E-state index >= 15 is 0 Å². The minimum absolute atomic E-state index is 0.104. The van der Waals surface area contributed by atoms with Crippen LogP contribution >= 0.6 is 0 Å². The Labute approximate surface area is 109 Å². The fourth-order valence-corrected chi connectivity index (χ4v) is 2.68. The van der Waals surface area contributed by atoms with Crippen LogP contribution in [0.2, 0.25) is 0 Å². The Morgan fingerprint density at radius 2 is 2.00 bits per heavy atom. The number of hydrogen-bond donors (Lipinski definition) is 2. The van der Waals surface area contributed by atoms with Gasteiger partial charge in [-0.05, 0) is 30.4 Å². The molecular formula is C13H15NO5. The summed E-state index contributed by atoms with van der Waals surface area (Å²) < 4.78 is 0. The number of nitro benzene ring substituents is 1. The lowest BCUT2D eigenvalue weighted by Gasteiger charge is -2.13. The Hall–Kier alpha value is -2.11. The molecule has 0 atom stereocenters. The quantitative estimate of drug-likeness (QED) is 0.643. The van der Waals surface area contributed by atoms with Gasteiger partial charge in [0, 0.05) is 5.56 Å². The molecule has 2 N–H and O–H groups in total. The first kappa shape index (κ1) is 13.3. The van der Waals surface area contributed by atoms with Crippen LogP contribution in [0.15, 0.2) is 12.1 Å². The van der Waals surface area contributed by atoms with Gasteiger partial charge < -0.3 is 10.2 Å². The normalized spacial score (nSPS) is 15.6. The van der Waals surface area contributed by atoms with Gasteiger partial charge in [0.2, 0.25) is 0 Å². The van der Waals surface area contributed by atoms with Crippen LogP contribution in [0.4, 0.5) is 5.69 Å². The van der Waals surface area contributed by atoms with E-state index in [0.717, 1.165) is 31.7 Å². The highest BCUT2D eigenvalue weighted by atomic mass is 16.6. The van der Waals surface area contributed by atoms with Crippen molar-refractivity contribution in [3.63, 3.8) is 0 Å². The average Bonchev–Trinajstić information content (AvgIpc) is 2.83.